The molecule has 1 aromatic rings. The van der Waals surface area contributed by atoms with Crippen molar-refractivity contribution in [3.8, 4) is 5.75 Å². The number of nitrogens with one attached hydrogen (secondary N) is 1. The van der Waals surface area contributed by atoms with Crippen LogP contribution in [0.5, 0.6) is 5.75 Å². The molecule has 2 N–H and O–H groups in total. The van der Waals surface area contributed by atoms with E-state index in [-0.39, 0.29) is 17.7 Å². The van der Waals surface area contributed by atoms with Crippen LogP contribution < -0.4 is 5.32 Å². The van der Waals surface area contributed by atoms with Crippen LogP contribution in [0.1, 0.15) is 31.9 Å². The van der Waals surface area contributed by atoms with Gasteiger partial charge in [0, 0.05) is 19.6 Å². The molecule has 1 atom stereocenters. The summed E-state index contributed by atoms with van der Waals surface area (Å²) < 4.78 is 0. The lowest BCUT2D eigenvalue weighted by atomic mass is 10.0. The number of phenols is 1. The molecule has 18 heavy (non-hydrogen) atoms. The number of rotatable bonds is 6. The second-order valence-electron chi connectivity index (χ2n) is 4.34. The molecule has 0 heterocycles. The Kier molecular flexibility index (Phi) is 5.65. The smallest absolute Gasteiger partial charge is 0.236 e. The summed E-state index contributed by atoms with van der Waals surface area (Å²) in [4.78, 5) is 13.4. The normalized spacial score (nSPS) is 12.2. The molecule has 0 radical (unpaired) electrons. The Hall–Kier alpha value is -1.55. The molecule has 1 unspecified atom stereocenters. The van der Waals surface area contributed by atoms with E-state index in [0.717, 1.165) is 18.5 Å². The van der Waals surface area contributed by atoms with E-state index in [1.807, 2.05) is 19.1 Å². The van der Waals surface area contributed by atoms with Gasteiger partial charge in [-0.05, 0) is 31.0 Å². The molecule has 0 aromatic heterocycles. The number of amides is 1. The molecule has 0 saturated carbocycles. The third-order valence-electron chi connectivity index (χ3n) is 3.10. The van der Waals surface area contributed by atoms with Crippen LogP contribution in [-0.2, 0) is 4.79 Å². The van der Waals surface area contributed by atoms with Crippen molar-refractivity contribution in [2.24, 2.45) is 0 Å². The lowest BCUT2D eigenvalue weighted by molar-refractivity contribution is -0.128. The van der Waals surface area contributed by atoms with Crippen LogP contribution in [0.2, 0.25) is 0 Å². The van der Waals surface area contributed by atoms with Crippen LogP contribution in [0.3, 0.4) is 0 Å². The summed E-state index contributed by atoms with van der Waals surface area (Å²) >= 11 is 0. The van der Waals surface area contributed by atoms with Gasteiger partial charge in [0.05, 0.1) is 6.54 Å². The van der Waals surface area contributed by atoms with Gasteiger partial charge in [-0.1, -0.05) is 19.1 Å². The topological polar surface area (TPSA) is 52.6 Å². The number of nitrogens with zero attached hydrogens (tertiary/aromatic N) is 1. The highest BCUT2D eigenvalue weighted by atomic mass is 16.3. The molecule has 4 nitrogen and oxygen atoms in total. The van der Waals surface area contributed by atoms with Crippen LogP contribution in [-0.4, -0.2) is 36.1 Å². The zero-order chi connectivity index (χ0) is 13.5. The second-order valence-corrected chi connectivity index (χ2v) is 4.34. The molecule has 0 bridgehead atoms. The molecule has 1 aromatic carbocycles. The van der Waals surface area contributed by atoms with E-state index in [1.165, 1.54) is 0 Å². The average molecular weight is 250 g/mol. The summed E-state index contributed by atoms with van der Waals surface area (Å²) in [6.07, 6.45) is 0.897. The van der Waals surface area contributed by atoms with E-state index in [2.05, 4.69) is 12.2 Å². The van der Waals surface area contributed by atoms with Crippen molar-refractivity contribution in [3.63, 3.8) is 0 Å². The van der Waals surface area contributed by atoms with Gasteiger partial charge in [-0.3, -0.25) is 4.79 Å². The zero-order valence-corrected chi connectivity index (χ0v) is 11.3. The van der Waals surface area contributed by atoms with Gasteiger partial charge < -0.3 is 15.3 Å². The van der Waals surface area contributed by atoms with Crippen molar-refractivity contribution < 1.29 is 9.90 Å². The number of phenolic OH excluding ortho intramolecular Hbond substituents is 1. The van der Waals surface area contributed by atoms with Gasteiger partial charge in [0.1, 0.15) is 5.75 Å². The van der Waals surface area contributed by atoms with Crippen LogP contribution in [0.4, 0.5) is 0 Å². The van der Waals surface area contributed by atoms with Crippen molar-refractivity contribution in [1.29, 1.82) is 0 Å². The summed E-state index contributed by atoms with van der Waals surface area (Å²) in [5.74, 6) is 0.352. The SMILES string of the molecule is CCC(NCC(=O)N(C)CC)c1ccc(O)cc1. The van der Waals surface area contributed by atoms with E-state index < -0.39 is 0 Å². The van der Waals surface area contributed by atoms with Gasteiger partial charge in [-0.15, -0.1) is 0 Å². The first-order chi connectivity index (χ1) is 8.58. The van der Waals surface area contributed by atoms with Crippen LogP contribution in [0.15, 0.2) is 24.3 Å². The van der Waals surface area contributed by atoms with E-state index >= 15 is 0 Å². The van der Waals surface area contributed by atoms with Crippen LogP contribution in [0, 0.1) is 0 Å². The lowest BCUT2D eigenvalue weighted by Gasteiger charge is -2.20. The maximum Gasteiger partial charge on any atom is 0.236 e. The predicted octanol–water partition coefficient (Wildman–Crippen LogP) is 1.91. The van der Waals surface area contributed by atoms with Crippen molar-refractivity contribution in [3.05, 3.63) is 29.8 Å². The third-order valence-corrected chi connectivity index (χ3v) is 3.10. The van der Waals surface area contributed by atoms with Crippen molar-refractivity contribution in [2.75, 3.05) is 20.1 Å². The Balaban J connectivity index is 2.57. The Morgan fingerprint density at radius 3 is 2.44 bits per heavy atom. The second kappa shape index (κ2) is 7.01. The van der Waals surface area contributed by atoms with E-state index in [9.17, 15) is 9.90 Å². The van der Waals surface area contributed by atoms with Gasteiger partial charge in [-0.2, -0.15) is 0 Å². The van der Waals surface area contributed by atoms with Gasteiger partial charge in [0.25, 0.3) is 0 Å². The summed E-state index contributed by atoms with van der Waals surface area (Å²) in [5, 5.41) is 12.5. The van der Waals surface area contributed by atoms with Crippen molar-refractivity contribution in [1.82, 2.24) is 10.2 Å². The Morgan fingerprint density at radius 2 is 1.94 bits per heavy atom. The fraction of sp³-hybridized carbons (Fsp3) is 0.500. The van der Waals surface area contributed by atoms with E-state index in [4.69, 9.17) is 0 Å². The summed E-state index contributed by atoms with van der Waals surface area (Å²) in [6.45, 7) is 5.08. The Bertz CT molecular complexity index is 376. The van der Waals surface area contributed by atoms with Crippen LogP contribution >= 0.6 is 0 Å². The van der Waals surface area contributed by atoms with Gasteiger partial charge in [-0.25, -0.2) is 0 Å². The minimum atomic E-state index is 0.0923. The molecule has 0 saturated heterocycles. The Labute approximate surface area is 109 Å². The summed E-state index contributed by atoms with van der Waals surface area (Å²) in [7, 11) is 1.80. The Morgan fingerprint density at radius 1 is 1.33 bits per heavy atom. The highest BCUT2D eigenvalue weighted by molar-refractivity contribution is 5.77. The standard InChI is InChI=1S/C14H22N2O2/c1-4-13(11-6-8-12(17)9-7-11)15-10-14(18)16(3)5-2/h6-9,13,15,17H,4-5,10H2,1-3H3. The maximum absolute atomic E-state index is 11.7. The van der Waals surface area contributed by atoms with Crippen molar-refractivity contribution >= 4 is 5.91 Å². The fourth-order valence-electron chi connectivity index (χ4n) is 1.73. The fourth-order valence-corrected chi connectivity index (χ4v) is 1.73. The lowest BCUT2D eigenvalue weighted by Crippen LogP contribution is -2.36. The molecule has 0 aliphatic rings. The maximum atomic E-state index is 11.7. The van der Waals surface area contributed by atoms with Gasteiger partial charge >= 0.3 is 0 Å². The quantitative estimate of drug-likeness (QED) is 0.811. The largest absolute Gasteiger partial charge is 0.508 e. The first-order valence-electron chi connectivity index (χ1n) is 6.34. The molecule has 4 heteroatoms. The first kappa shape index (κ1) is 14.5. The molecular weight excluding hydrogens is 228 g/mol. The first-order valence-corrected chi connectivity index (χ1v) is 6.34. The molecule has 0 aliphatic carbocycles. The number of hydrogen-bond acceptors (Lipinski definition) is 3. The molecule has 1 rings (SSSR count). The number of benzene rings is 1. The van der Waals surface area contributed by atoms with E-state index in [1.54, 1.807) is 24.1 Å². The number of carbonyl (C=O) groups excluding carboxylic acids is 1. The predicted molar refractivity (Wildman–Crippen MR) is 72.5 cm³/mol. The van der Waals surface area contributed by atoms with Crippen molar-refractivity contribution in [2.45, 2.75) is 26.3 Å². The minimum absolute atomic E-state index is 0.0923. The van der Waals surface area contributed by atoms with Gasteiger partial charge in [0.15, 0.2) is 0 Å². The van der Waals surface area contributed by atoms with Gasteiger partial charge in [0.2, 0.25) is 5.91 Å². The zero-order valence-electron chi connectivity index (χ0n) is 11.3. The number of hydrogen-bond donors (Lipinski definition) is 2. The highest BCUT2D eigenvalue weighted by Gasteiger charge is 2.12. The number of carbonyl (C=O) groups is 1. The molecule has 0 fully saturated rings. The highest BCUT2D eigenvalue weighted by Crippen LogP contribution is 2.19. The molecule has 0 spiro atoms. The molecule has 100 valence electrons. The van der Waals surface area contributed by atoms with Crippen LogP contribution in [0.25, 0.3) is 0 Å². The molecule has 0 aliphatic heterocycles. The van der Waals surface area contributed by atoms with E-state index in [0.29, 0.717) is 6.54 Å². The molecule has 1 amide bonds. The minimum Gasteiger partial charge on any atom is -0.508 e. The monoisotopic (exact) mass is 250 g/mol. The third kappa shape index (κ3) is 4.04. The molecular formula is C14H22N2O2. The number of aromatic hydroxyl groups is 1. The summed E-state index contributed by atoms with van der Waals surface area (Å²) in [5.41, 5.74) is 1.09. The summed E-state index contributed by atoms with van der Waals surface area (Å²) in [6, 6.07) is 7.23. The number of likely N-dealkylation sites (N-methyl/N-ethyl adjacent to an activating group) is 1. The average Bonchev–Trinajstić information content (AvgIpc) is 2.40.